The average molecular weight is 384 g/mol. The third kappa shape index (κ3) is 4.99. The zero-order valence-electron chi connectivity index (χ0n) is 13.7. The van der Waals surface area contributed by atoms with Gasteiger partial charge in [0.05, 0.1) is 0 Å². The number of hydrogen-bond acceptors (Lipinski definition) is 7. The van der Waals surface area contributed by atoms with Crippen molar-refractivity contribution in [3.8, 4) is 0 Å². The molecule has 8 heteroatoms. The van der Waals surface area contributed by atoms with E-state index < -0.39 is 0 Å². The molecule has 0 atom stereocenters. The van der Waals surface area contributed by atoms with Crippen LogP contribution in [-0.2, 0) is 0 Å². The monoisotopic (exact) mass is 383 g/mol. The molecule has 1 saturated heterocycles. The van der Waals surface area contributed by atoms with Crippen LogP contribution in [0.25, 0.3) is 0 Å². The molecule has 0 radical (unpaired) electrons. The molecule has 0 saturated carbocycles. The van der Waals surface area contributed by atoms with Gasteiger partial charge in [-0.25, -0.2) is 0 Å². The predicted octanol–water partition coefficient (Wildman–Crippen LogP) is 3.39. The minimum atomic E-state index is 0.546. The molecule has 3 rings (SSSR count). The second-order valence-electron chi connectivity index (χ2n) is 5.92. The first-order chi connectivity index (χ1) is 11.6. The molecule has 1 aliphatic rings. The SMILES string of the molecule is Cc1cc(Cl)cc(N2CCN(CCCSc3nnc(N)s3)CC2)c1. The van der Waals surface area contributed by atoms with Gasteiger partial charge in [0.1, 0.15) is 0 Å². The molecule has 130 valence electrons. The van der Waals surface area contributed by atoms with Gasteiger partial charge >= 0.3 is 0 Å². The highest BCUT2D eigenvalue weighted by Gasteiger charge is 2.17. The molecule has 1 aliphatic heterocycles. The summed E-state index contributed by atoms with van der Waals surface area (Å²) in [4.78, 5) is 4.96. The maximum atomic E-state index is 6.18. The van der Waals surface area contributed by atoms with Crippen molar-refractivity contribution in [1.82, 2.24) is 15.1 Å². The summed E-state index contributed by atoms with van der Waals surface area (Å²) in [6, 6.07) is 6.28. The molecule has 0 amide bonds. The Morgan fingerprint density at radius 3 is 2.67 bits per heavy atom. The van der Waals surface area contributed by atoms with E-state index in [1.165, 1.54) is 22.6 Å². The number of aryl methyl sites for hydroxylation is 1. The van der Waals surface area contributed by atoms with Crippen LogP contribution in [0.15, 0.2) is 22.5 Å². The zero-order valence-corrected chi connectivity index (χ0v) is 16.1. The van der Waals surface area contributed by atoms with Crippen molar-refractivity contribution in [1.29, 1.82) is 0 Å². The van der Waals surface area contributed by atoms with E-state index in [1.54, 1.807) is 11.8 Å². The summed E-state index contributed by atoms with van der Waals surface area (Å²) in [5.74, 6) is 1.06. The molecule has 1 fully saturated rings. The Hall–Kier alpha value is -1.02. The fourth-order valence-corrected chi connectivity index (χ4v) is 4.77. The Bertz CT molecular complexity index is 650. The van der Waals surface area contributed by atoms with Crippen molar-refractivity contribution >= 4 is 45.5 Å². The first-order valence-electron chi connectivity index (χ1n) is 8.06. The molecule has 0 aliphatic carbocycles. The summed E-state index contributed by atoms with van der Waals surface area (Å²) in [5, 5.41) is 9.24. The Morgan fingerprint density at radius 1 is 1.21 bits per heavy atom. The molecule has 0 bridgehead atoms. The largest absolute Gasteiger partial charge is 0.374 e. The first kappa shape index (κ1) is 17.8. The van der Waals surface area contributed by atoms with Crippen LogP contribution in [0.1, 0.15) is 12.0 Å². The first-order valence-corrected chi connectivity index (χ1v) is 10.2. The van der Waals surface area contributed by atoms with Crippen LogP contribution in [0, 0.1) is 6.92 Å². The molecule has 2 heterocycles. The molecule has 1 aromatic heterocycles. The van der Waals surface area contributed by atoms with Crippen molar-refractivity contribution in [2.75, 3.05) is 49.1 Å². The van der Waals surface area contributed by atoms with Gasteiger partial charge in [-0.2, -0.15) is 0 Å². The van der Waals surface area contributed by atoms with E-state index in [2.05, 4.69) is 39.1 Å². The summed E-state index contributed by atoms with van der Waals surface area (Å²) in [6.45, 7) is 7.53. The number of nitrogens with zero attached hydrogens (tertiary/aromatic N) is 4. The Balaban J connectivity index is 1.39. The molecule has 0 spiro atoms. The van der Waals surface area contributed by atoms with E-state index in [9.17, 15) is 0 Å². The van der Waals surface area contributed by atoms with E-state index >= 15 is 0 Å². The number of rotatable bonds is 6. The van der Waals surface area contributed by atoms with Crippen molar-refractivity contribution in [3.63, 3.8) is 0 Å². The standard InChI is InChI=1S/C16H22ClN5S2/c1-12-9-13(17)11-14(10-12)22-6-4-21(5-7-22)3-2-8-23-16-20-19-15(18)24-16/h9-11H,2-8H2,1H3,(H2,18,19). The lowest BCUT2D eigenvalue weighted by Crippen LogP contribution is -2.46. The van der Waals surface area contributed by atoms with Crippen LogP contribution in [0.2, 0.25) is 5.02 Å². The number of piperazine rings is 1. The summed E-state index contributed by atoms with van der Waals surface area (Å²) < 4.78 is 0.966. The zero-order chi connectivity index (χ0) is 16.9. The van der Waals surface area contributed by atoms with Crippen LogP contribution >= 0.6 is 34.7 Å². The predicted molar refractivity (Wildman–Crippen MR) is 105 cm³/mol. The lowest BCUT2D eigenvalue weighted by atomic mass is 10.2. The Labute approximate surface area is 156 Å². The van der Waals surface area contributed by atoms with Gasteiger partial charge in [-0.3, -0.25) is 4.90 Å². The Kier molecular flexibility index (Phi) is 6.21. The summed E-state index contributed by atoms with van der Waals surface area (Å²) in [5.41, 5.74) is 8.05. The van der Waals surface area contributed by atoms with Crippen LogP contribution in [0.5, 0.6) is 0 Å². The molecule has 1 aromatic carbocycles. The lowest BCUT2D eigenvalue weighted by molar-refractivity contribution is 0.259. The number of nitrogens with two attached hydrogens (primary N) is 1. The van der Waals surface area contributed by atoms with E-state index in [0.29, 0.717) is 5.13 Å². The number of benzene rings is 1. The van der Waals surface area contributed by atoms with Gasteiger partial charge in [0, 0.05) is 42.6 Å². The van der Waals surface area contributed by atoms with Crippen molar-refractivity contribution in [2.24, 2.45) is 0 Å². The van der Waals surface area contributed by atoms with Crippen molar-refractivity contribution in [2.45, 2.75) is 17.7 Å². The lowest BCUT2D eigenvalue weighted by Gasteiger charge is -2.36. The summed E-state index contributed by atoms with van der Waals surface area (Å²) >= 11 is 9.38. The molecule has 0 unspecified atom stereocenters. The minimum Gasteiger partial charge on any atom is -0.374 e. The van der Waals surface area contributed by atoms with Gasteiger partial charge in [0.2, 0.25) is 5.13 Å². The van der Waals surface area contributed by atoms with E-state index in [0.717, 1.165) is 54.3 Å². The Morgan fingerprint density at radius 2 is 2.00 bits per heavy atom. The molecule has 2 N–H and O–H groups in total. The summed E-state index contributed by atoms with van der Waals surface area (Å²) in [7, 11) is 0. The van der Waals surface area contributed by atoms with Gasteiger partial charge in [0.25, 0.3) is 0 Å². The summed E-state index contributed by atoms with van der Waals surface area (Å²) in [6.07, 6.45) is 1.15. The topological polar surface area (TPSA) is 58.3 Å². The minimum absolute atomic E-state index is 0.546. The normalized spacial score (nSPS) is 15.8. The van der Waals surface area contributed by atoms with Crippen molar-refractivity contribution < 1.29 is 0 Å². The number of thioether (sulfide) groups is 1. The molecule has 5 nitrogen and oxygen atoms in total. The van der Waals surface area contributed by atoms with Gasteiger partial charge in [-0.15, -0.1) is 10.2 Å². The highest BCUT2D eigenvalue weighted by Crippen LogP contribution is 2.25. The quantitative estimate of drug-likeness (QED) is 0.609. The van der Waals surface area contributed by atoms with Crippen molar-refractivity contribution in [3.05, 3.63) is 28.8 Å². The number of halogens is 1. The van der Waals surface area contributed by atoms with Crippen LogP contribution < -0.4 is 10.6 Å². The smallest absolute Gasteiger partial charge is 0.203 e. The maximum Gasteiger partial charge on any atom is 0.203 e. The van der Waals surface area contributed by atoms with E-state index in [4.69, 9.17) is 17.3 Å². The van der Waals surface area contributed by atoms with E-state index in [-0.39, 0.29) is 0 Å². The molecule has 2 aromatic rings. The number of hydrogen-bond donors (Lipinski definition) is 1. The number of nitrogen functional groups attached to an aromatic ring is 1. The van der Waals surface area contributed by atoms with Gasteiger partial charge < -0.3 is 10.6 Å². The molecular weight excluding hydrogens is 362 g/mol. The van der Waals surface area contributed by atoms with Gasteiger partial charge in [-0.1, -0.05) is 34.7 Å². The third-order valence-electron chi connectivity index (χ3n) is 4.03. The number of aromatic nitrogens is 2. The highest BCUT2D eigenvalue weighted by molar-refractivity contribution is 8.01. The fourth-order valence-electron chi connectivity index (χ4n) is 2.86. The third-order valence-corrected chi connectivity index (χ3v) is 6.22. The maximum absolute atomic E-state index is 6.18. The number of anilines is 2. The molecular formula is C16H22ClN5S2. The van der Waals surface area contributed by atoms with Crippen LogP contribution in [0.4, 0.5) is 10.8 Å². The second kappa shape index (κ2) is 8.38. The van der Waals surface area contributed by atoms with E-state index in [1.807, 2.05) is 6.07 Å². The second-order valence-corrected chi connectivity index (χ2v) is 8.71. The van der Waals surface area contributed by atoms with Crippen LogP contribution in [-0.4, -0.2) is 53.6 Å². The van der Waals surface area contributed by atoms with Crippen LogP contribution in [0.3, 0.4) is 0 Å². The highest BCUT2D eigenvalue weighted by atomic mass is 35.5. The average Bonchev–Trinajstić information content (AvgIpc) is 2.97. The van der Waals surface area contributed by atoms with Gasteiger partial charge in [-0.05, 0) is 43.7 Å². The molecule has 24 heavy (non-hydrogen) atoms. The van der Waals surface area contributed by atoms with Gasteiger partial charge in [0.15, 0.2) is 4.34 Å². The fraction of sp³-hybridized carbons (Fsp3) is 0.500.